The highest BCUT2D eigenvalue weighted by atomic mass is 16.6. The van der Waals surface area contributed by atoms with Gasteiger partial charge >= 0.3 is 0 Å². The minimum absolute atomic E-state index is 0.0153. The van der Waals surface area contributed by atoms with Gasteiger partial charge in [-0.1, -0.05) is 0 Å². The number of hydrogen-bond acceptors (Lipinski definition) is 5. The van der Waals surface area contributed by atoms with Crippen molar-refractivity contribution in [3.05, 3.63) is 33.7 Å². The first kappa shape index (κ1) is 8.42. The maximum Gasteiger partial charge on any atom is 0.289 e. The summed E-state index contributed by atoms with van der Waals surface area (Å²) < 4.78 is 0. The monoisotopic (exact) mass is 194 g/mol. The lowest BCUT2D eigenvalue weighted by atomic mass is 9.96. The molecule has 72 valence electrons. The fourth-order valence-corrected chi connectivity index (χ4v) is 1.33. The van der Waals surface area contributed by atoms with E-state index in [9.17, 15) is 14.9 Å². The van der Waals surface area contributed by atoms with Gasteiger partial charge < -0.3 is 5.73 Å². The molecule has 1 amide bonds. The smallest absolute Gasteiger partial charge is 0.289 e. The molecule has 1 heterocycles. The standard InChI is InChI=1S/C7H6N4O3/c8-4-2-5-3(7(12)10-9-5)1-6(4)11(13)14/h1-3H,8H2,(H,10,12). The van der Waals surface area contributed by atoms with Crippen molar-refractivity contribution in [1.29, 1.82) is 0 Å². The number of nitrogens with two attached hydrogens (primary N) is 1. The first-order valence-electron chi connectivity index (χ1n) is 3.81. The van der Waals surface area contributed by atoms with Gasteiger partial charge in [0.1, 0.15) is 11.6 Å². The molecule has 0 fully saturated rings. The molecule has 3 N–H and O–H groups in total. The summed E-state index contributed by atoms with van der Waals surface area (Å²) in [6.45, 7) is 0. The quantitative estimate of drug-likeness (QED) is 0.416. The van der Waals surface area contributed by atoms with Crippen molar-refractivity contribution in [2.75, 3.05) is 0 Å². The fourth-order valence-electron chi connectivity index (χ4n) is 1.33. The van der Waals surface area contributed by atoms with Crippen LogP contribution in [0.4, 0.5) is 0 Å². The van der Waals surface area contributed by atoms with Gasteiger partial charge in [0.2, 0.25) is 0 Å². The first-order chi connectivity index (χ1) is 6.59. The number of nitrogens with one attached hydrogen (secondary N) is 1. The summed E-state index contributed by atoms with van der Waals surface area (Å²) in [5.41, 5.74) is 7.82. The summed E-state index contributed by atoms with van der Waals surface area (Å²) in [6, 6.07) is 0. The van der Waals surface area contributed by atoms with Gasteiger partial charge in [0, 0.05) is 6.08 Å². The van der Waals surface area contributed by atoms with E-state index in [1.54, 1.807) is 0 Å². The molecule has 1 aliphatic heterocycles. The molecule has 0 spiro atoms. The zero-order chi connectivity index (χ0) is 10.3. The molecule has 1 unspecified atom stereocenters. The molecule has 0 saturated carbocycles. The van der Waals surface area contributed by atoms with E-state index in [1.807, 2.05) is 0 Å². The van der Waals surface area contributed by atoms with Crippen molar-refractivity contribution >= 4 is 11.6 Å². The van der Waals surface area contributed by atoms with E-state index < -0.39 is 10.8 Å². The average Bonchev–Trinajstić information content (AvgIpc) is 2.46. The number of fused-ring (bicyclic) bond motifs is 1. The minimum atomic E-state index is -0.678. The Morgan fingerprint density at radius 1 is 1.64 bits per heavy atom. The molecule has 1 aliphatic carbocycles. The number of carbonyl (C=O) groups excluding carboxylic acids is 1. The summed E-state index contributed by atoms with van der Waals surface area (Å²) in [6.07, 6.45) is 2.54. The molecule has 0 saturated heterocycles. The van der Waals surface area contributed by atoms with Gasteiger partial charge in [-0.25, -0.2) is 5.43 Å². The van der Waals surface area contributed by atoms with Crippen molar-refractivity contribution in [2.24, 2.45) is 16.8 Å². The molecule has 0 aromatic heterocycles. The number of nitro groups is 1. The molecule has 2 rings (SSSR count). The van der Waals surface area contributed by atoms with Crippen molar-refractivity contribution in [2.45, 2.75) is 0 Å². The van der Waals surface area contributed by atoms with Crippen LogP contribution in [-0.2, 0) is 4.79 Å². The van der Waals surface area contributed by atoms with E-state index in [1.165, 1.54) is 12.2 Å². The lowest BCUT2D eigenvalue weighted by Crippen LogP contribution is -2.26. The number of hydrazone groups is 1. The Labute approximate surface area is 78.1 Å². The Hall–Kier alpha value is -2.18. The van der Waals surface area contributed by atoms with Gasteiger partial charge in [-0.3, -0.25) is 14.9 Å². The zero-order valence-corrected chi connectivity index (χ0v) is 6.93. The maximum atomic E-state index is 11.1. The van der Waals surface area contributed by atoms with E-state index in [2.05, 4.69) is 10.5 Å². The third-order valence-corrected chi connectivity index (χ3v) is 2.02. The zero-order valence-electron chi connectivity index (χ0n) is 6.93. The van der Waals surface area contributed by atoms with Crippen LogP contribution in [0.2, 0.25) is 0 Å². The van der Waals surface area contributed by atoms with Gasteiger partial charge in [-0.05, 0) is 6.08 Å². The van der Waals surface area contributed by atoms with E-state index in [4.69, 9.17) is 5.73 Å². The van der Waals surface area contributed by atoms with Crippen LogP contribution < -0.4 is 11.2 Å². The fraction of sp³-hybridized carbons (Fsp3) is 0.143. The highest BCUT2D eigenvalue weighted by Crippen LogP contribution is 2.21. The summed E-state index contributed by atoms with van der Waals surface area (Å²) >= 11 is 0. The molecule has 1 atom stereocenters. The Morgan fingerprint density at radius 3 is 3.00 bits per heavy atom. The molecule has 0 aromatic carbocycles. The lowest BCUT2D eigenvalue weighted by molar-refractivity contribution is -0.421. The van der Waals surface area contributed by atoms with Gasteiger partial charge in [0.15, 0.2) is 0 Å². The number of allylic oxidation sites excluding steroid dienone is 1. The van der Waals surface area contributed by atoms with Crippen LogP contribution in [0, 0.1) is 16.0 Å². The molecular formula is C7H6N4O3. The third kappa shape index (κ3) is 1.06. The van der Waals surface area contributed by atoms with E-state index in [0.717, 1.165) is 0 Å². The molecule has 7 heteroatoms. The second-order valence-electron chi connectivity index (χ2n) is 2.90. The SMILES string of the molecule is NC1=CC2=NNC(=O)C2C=C1[N+](=O)[O-]. The Morgan fingerprint density at radius 2 is 2.36 bits per heavy atom. The number of amides is 1. The summed E-state index contributed by atoms with van der Waals surface area (Å²) in [4.78, 5) is 21.0. The van der Waals surface area contributed by atoms with Gasteiger partial charge in [0.25, 0.3) is 11.6 Å². The van der Waals surface area contributed by atoms with Crippen LogP contribution in [0.1, 0.15) is 0 Å². The molecule has 14 heavy (non-hydrogen) atoms. The number of rotatable bonds is 1. The third-order valence-electron chi connectivity index (χ3n) is 2.02. The van der Waals surface area contributed by atoms with Crippen LogP contribution in [0.25, 0.3) is 0 Å². The minimum Gasteiger partial charge on any atom is -0.393 e. The predicted molar refractivity (Wildman–Crippen MR) is 46.4 cm³/mol. The van der Waals surface area contributed by atoms with Gasteiger partial charge in [-0.15, -0.1) is 0 Å². The van der Waals surface area contributed by atoms with E-state index in [0.29, 0.717) is 5.71 Å². The van der Waals surface area contributed by atoms with Crippen LogP contribution in [0.15, 0.2) is 28.6 Å². The number of hydrogen-bond donors (Lipinski definition) is 2. The topological polar surface area (TPSA) is 111 Å². The molecule has 0 aromatic rings. The molecule has 7 nitrogen and oxygen atoms in total. The summed E-state index contributed by atoms with van der Waals surface area (Å²) in [7, 11) is 0. The van der Waals surface area contributed by atoms with E-state index in [-0.39, 0.29) is 17.3 Å². The average molecular weight is 194 g/mol. The molecule has 0 radical (unpaired) electrons. The maximum absolute atomic E-state index is 11.1. The highest BCUT2D eigenvalue weighted by molar-refractivity contribution is 6.15. The highest BCUT2D eigenvalue weighted by Gasteiger charge is 2.34. The van der Waals surface area contributed by atoms with Gasteiger partial charge in [-0.2, -0.15) is 5.10 Å². The van der Waals surface area contributed by atoms with Crippen molar-refractivity contribution in [1.82, 2.24) is 5.43 Å². The number of nitrogens with zero attached hydrogens (tertiary/aromatic N) is 2. The molecular weight excluding hydrogens is 188 g/mol. The molecule has 2 aliphatic rings. The Bertz CT molecular complexity index is 421. The summed E-state index contributed by atoms with van der Waals surface area (Å²) in [5.74, 6) is -1.05. The van der Waals surface area contributed by atoms with E-state index >= 15 is 0 Å². The van der Waals surface area contributed by atoms with Gasteiger partial charge in [0.05, 0.1) is 10.6 Å². The van der Waals surface area contributed by atoms with Crippen LogP contribution in [0.5, 0.6) is 0 Å². The van der Waals surface area contributed by atoms with Crippen LogP contribution >= 0.6 is 0 Å². The summed E-state index contributed by atoms with van der Waals surface area (Å²) in [5, 5.41) is 14.2. The lowest BCUT2D eigenvalue weighted by Gasteiger charge is -2.08. The first-order valence-corrected chi connectivity index (χ1v) is 3.81. The second kappa shape index (κ2) is 2.66. The largest absolute Gasteiger partial charge is 0.393 e. The second-order valence-corrected chi connectivity index (χ2v) is 2.90. The Balaban J connectivity index is 2.44. The van der Waals surface area contributed by atoms with Crippen LogP contribution in [0.3, 0.4) is 0 Å². The predicted octanol–water partition coefficient (Wildman–Crippen LogP) is -0.895. The molecule has 0 bridgehead atoms. The van der Waals surface area contributed by atoms with Crippen molar-refractivity contribution in [3.63, 3.8) is 0 Å². The van der Waals surface area contributed by atoms with Crippen LogP contribution in [-0.4, -0.2) is 16.5 Å². The normalized spacial score (nSPS) is 24.4. The van der Waals surface area contributed by atoms with Crippen molar-refractivity contribution < 1.29 is 9.72 Å². The Kier molecular flexibility index (Phi) is 1.60. The van der Waals surface area contributed by atoms with Crippen molar-refractivity contribution in [3.8, 4) is 0 Å². The number of carbonyl (C=O) groups is 1.